The van der Waals surface area contributed by atoms with Gasteiger partial charge in [0.15, 0.2) is 0 Å². The molecule has 20 heavy (non-hydrogen) atoms. The van der Waals surface area contributed by atoms with Crippen molar-refractivity contribution in [3.63, 3.8) is 0 Å². The van der Waals surface area contributed by atoms with E-state index in [1.807, 2.05) is 0 Å². The van der Waals surface area contributed by atoms with Crippen LogP contribution < -0.4 is 10.9 Å². The number of pyridine rings is 2. The van der Waals surface area contributed by atoms with Gasteiger partial charge in [-0.3, -0.25) is 14.9 Å². The monoisotopic (exact) mass is 338 g/mol. The first-order valence-electron chi connectivity index (χ1n) is 5.69. The van der Waals surface area contributed by atoms with Gasteiger partial charge >= 0.3 is 11.2 Å². The van der Waals surface area contributed by atoms with Crippen molar-refractivity contribution in [1.82, 2.24) is 9.55 Å². The molecule has 0 spiro atoms. The van der Waals surface area contributed by atoms with Gasteiger partial charge in [0.25, 0.3) is 0 Å². The molecule has 0 atom stereocenters. The average molecular weight is 339 g/mol. The minimum Gasteiger partial charge on any atom is -0.373 e. The van der Waals surface area contributed by atoms with Crippen LogP contribution in [0, 0.1) is 10.1 Å². The molecule has 0 aromatic carbocycles. The van der Waals surface area contributed by atoms with Gasteiger partial charge < -0.3 is 9.88 Å². The zero-order valence-electron chi connectivity index (χ0n) is 10.5. The molecule has 0 amide bonds. The molecule has 2 aromatic rings. The Balaban J connectivity index is 2.49. The maximum atomic E-state index is 12.0. The first-order valence-corrected chi connectivity index (χ1v) is 6.48. The lowest BCUT2D eigenvalue weighted by Crippen LogP contribution is -2.23. The predicted octanol–water partition coefficient (Wildman–Crippen LogP) is 2.00. The lowest BCUT2D eigenvalue weighted by molar-refractivity contribution is -0.386. The predicted molar refractivity (Wildman–Crippen MR) is 77.9 cm³/mol. The van der Waals surface area contributed by atoms with Gasteiger partial charge in [0.05, 0.1) is 11.5 Å². The third-order valence-electron chi connectivity index (χ3n) is 2.70. The molecule has 8 heteroatoms. The topological polar surface area (TPSA) is 90.1 Å². The molecule has 0 bridgehead atoms. The molecular weight excluding hydrogens is 328 g/mol. The average Bonchev–Trinajstić information content (AvgIpc) is 2.42. The van der Waals surface area contributed by atoms with E-state index < -0.39 is 16.2 Å². The summed E-state index contributed by atoms with van der Waals surface area (Å²) in [6, 6.07) is 4.74. The number of nitro groups is 1. The van der Waals surface area contributed by atoms with Gasteiger partial charge in [0, 0.05) is 35.5 Å². The van der Waals surface area contributed by atoms with Gasteiger partial charge in [-0.25, -0.2) is 4.98 Å². The SMILES string of the molecule is CNc1ncccc1Cn1cc(Br)cc([N+](=O)[O-])c1=O. The number of anilines is 1. The van der Waals surface area contributed by atoms with E-state index in [0.29, 0.717) is 10.3 Å². The fourth-order valence-corrected chi connectivity index (χ4v) is 2.27. The Morgan fingerprint density at radius 3 is 2.95 bits per heavy atom. The second-order valence-corrected chi connectivity index (χ2v) is 4.91. The first-order chi connectivity index (χ1) is 9.52. The normalized spacial score (nSPS) is 10.3. The molecule has 2 rings (SSSR count). The van der Waals surface area contributed by atoms with Crippen LogP contribution in [-0.4, -0.2) is 21.5 Å². The highest BCUT2D eigenvalue weighted by molar-refractivity contribution is 9.10. The molecule has 0 fully saturated rings. The largest absolute Gasteiger partial charge is 0.373 e. The van der Waals surface area contributed by atoms with Crippen molar-refractivity contribution in [1.29, 1.82) is 0 Å². The Hall–Kier alpha value is -2.22. The number of rotatable bonds is 4. The van der Waals surface area contributed by atoms with Crippen molar-refractivity contribution in [3.05, 3.63) is 61.1 Å². The van der Waals surface area contributed by atoms with E-state index in [2.05, 4.69) is 26.2 Å². The molecule has 104 valence electrons. The fraction of sp³-hybridized carbons (Fsp3) is 0.167. The van der Waals surface area contributed by atoms with Gasteiger partial charge in [-0.15, -0.1) is 0 Å². The van der Waals surface area contributed by atoms with Crippen LogP contribution in [-0.2, 0) is 6.54 Å². The van der Waals surface area contributed by atoms with Crippen molar-refractivity contribution in [2.45, 2.75) is 6.54 Å². The zero-order chi connectivity index (χ0) is 14.7. The molecule has 7 nitrogen and oxygen atoms in total. The van der Waals surface area contributed by atoms with E-state index in [4.69, 9.17) is 0 Å². The van der Waals surface area contributed by atoms with Crippen LogP contribution in [0.25, 0.3) is 0 Å². The smallest absolute Gasteiger partial charge is 0.335 e. The van der Waals surface area contributed by atoms with E-state index in [9.17, 15) is 14.9 Å². The second-order valence-electron chi connectivity index (χ2n) is 3.99. The van der Waals surface area contributed by atoms with Crippen LogP contribution in [0.3, 0.4) is 0 Å². The molecule has 0 radical (unpaired) electrons. The van der Waals surface area contributed by atoms with E-state index in [-0.39, 0.29) is 6.54 Å². The van der Waals surface area contributed by atoms with Crippen molar-refractivity contribution < 1.29 is 4.92 Å². The summed E-state index contributed by atoms with van der Waals surface area (Å²) in [6.07, 6.45) is 3.14. The van der Waals surface area contributed by atoms with Crippen LogP contribution in [0.15, 0.2) is 39.9 Å². The lowest BCUT2D eigenvalue weighted by atomic mass is 10.2. The minimum atomic E-state index is -0.689. The van der Waals surface area contributed by atoms with E-state index in [1.165, 1.54) is 16.8 Å². The summed E-state index contributed by atoms with van der Waals surface area (Å²) in [6.45, 7) is 0.198. The fourth-order valence-electron chi connectivity index (χ4n) is 1.81. The Morgan fingerprint density at radius 1 is 1.55 bits per heavy atom. The third kappa shape index (κ3) is 2.85. The molecule has 2 heterocycles. The summed E-state index contributed by atoms with van der Waals surface area (Å²) >= 11 is 3.17. The highest BCUT2D eigenvalue weighted by Gasteiger charge is 2.16. The second kappa shape index (κ2) is 5.83. The molecular formula is C12H11BrN4O3. The van der Waals surface area contributed by atoms with Crippen LogP contribution >= 0.6 is 15.9 Å². The Kier molecular flexibility index (Phi) is 4.14. The number of hydrogen-bond donors (Lipinski definition) is 1. The van der Waals surface area contributed by atoms with E-state index in [0.717, 1.165) is 5.56 Å². The van der Waals surface area contributed by atoms with Crippen LogP contribution in [0.4, 0.5) is 11.5 Å². The number of nitrogens with zero attached hydrogens (tertiary/aromatic N) is 3. The lowest BCUT2D eigenvalue weighted by Gasteiger charge is -2.10. The van der Waals surface area contributed by atoms with E-state index in [1.54, 1.807) is 25.4 Å². The summed E-state index contributed by atoms with van der Waals surface area (Å²) < 4.78 is 1.75. The number of aromatic nitrogens is 2. The summed E-state index contributed by atoms with van der Waals surface area (Å²) in [5.74, 6) is 0.627. The van der Waals surface area contributed by atoms with Gasteiger partial charge in [-0.2, -0.15) is 0 Å². The standard InChI is InChI=1S/C12H11BrN4O3/c1-14-11-8(3-2-4-15-11)6-16-7-9(13)5-10(12(16)18)17(19)20/h2-5,7H,6H2,1H3,(H,14,15). The number of hydrogen-bond acceptors (Lipinski definition) is 5. The van der Waals surface area contributed by atoms with Gasteiger partial charge in [-0.1, -0.05) is 6.07 Å². The van der Waals surface area contributed by atoms with Crippen molar-refractivity contribution in [2.24, 2.45) is 0 Å². The van der Waals surface area contributed by atoms with Gasteiger partial charge in [-0.05, 0) is 22.0 Å². The number of nitrogens with one attached hydrogen (secondary N) is 1. The molecule has 0 unspecified atom stereocenters. The van der Waals surface area contributed by atoms with Crippen molar-refractivity contribution in [3.8, 4) is 0 Å². The third-order valence-corrected chi connectivity index (χ3v) is 3.13. The van der Waals surface area contributed by atoms with Crippen LogP contribution in [0.2, 0.25) is 0 Å². The molecule has 1 N–H and O–H groups in total. The molecule has 0 saturated carbocycles. The summed E-state index contributed by atoms with van der Waals surface area (Å²) in [5.41, 5.74) is -0.345. The van der Waals surface area contributed by atoms with Gasteiger partial charge in [0.1, 0.15) is 5.82 Å². The molecule has 0 aliphatic rings. The molecule has 0 saturated heterocycles. The van der Waals surface area contributed by atoms with Crippen molar-refractivity contribution in [2.75, 3.05) is 12.4 Å². The highest BCUT2D eigenvalue weighted by Crippen LogP contribution is 2.16. The summed E-state index contributed by atoms with van der Waals surface area (Å²) in [4.78, 5) is 26.3. The van der Waals surface area contributed by atoms with E-state index >= 15 is 0 Å². The maximum absolute atomic E-state index is 12.0. The van der Waals surface area contributed by atoms with Gasteiger partial charge in [0.2, 0.25) is 0 Å². The zero-order valence-corrected chi connectivity index (χ0v) is 12.1. The molecule has 0 aliphatic heterocycles. The summed E-state index contributed by atoms with van der Waals surface area (Å²) in [7, 11) is 1.72. The first kappa shape index (κ1) is 14.2. The maximum Gasteiger partial charge on any atom is 0.335 e. The Morgan fingerprint density at radius 2 is 2.30 bits per heavy atom. The number of halogens is 1. The molecule has 0 aliphatic carbocycles. The summed E-state index contributed by atoms with van der Waals surface area (Å²) in [5, 5.41) is 13.8. The Bertz CT molecular complexity index is 714. The minimum absolute atomic E-state index is 0.198. The molecule has 2 aromatic heterocycles. The van der Waals surface area contributed by atoms with Crippen LogP contribution in [0.5, 0.6) is 0 Å². The quantitative estimate of drug-likeness (QED) is 0.680. The highest BCUT2D eigenvalue weighted by atomic mass is 79.9. The van der Waals surface area contributed by atoms with Crippen molar-refractivity contribution >= 4 is 27.4 Å². The Labute approximate surface area is 122 Å². The van der Waals surface area contributed by atoms with Crippen LogP contribution in [0.1, 0.15) is 5.56 Å².